The van der Waals surface area contributed by atoms with Gasteiger partial charge in [0, 0.05) is 13.6 Å². The molecule has 0 saturated carbocycles. The lowest BCUT2D eigenvalue weighted by Gasteiger charge is -2.14. The maximum atomic E-state index is 11.1. The van der Waals surface area contributed by atoms with E-state index in [4.69, 9.17) is 10.5 Å². The standard InChI is InChI=1S/C6H12N2O2/c1-8-2-3-10-4-5(7)6(8)9/h5H,2-4,7H2,1H3. The second kappa shape index (κ2) is 2.98. The summed E-state index contributed by atoms with van der Waals surface area (Å²) in [5.41, 5.74) is 5.45. The van der Waals surface area contributed by atoms with Crippen LogP contribution in [0.25, 0.3) is 0 Å². The van der Waals surface area contributed by atoms with Crippen LogP contribution in [0.1, 0.15) is 0 Å². The number of nitrogens with zero attached hydrogens (tertiary/aromatic N) is 1. The highest BCUT2D eigenvalue weighted by Crippen LogP contribution is 1.96. The summed E-state index contributed by atoms with van der Waals surface area (Å²) in [4.78, 5) is 12.7. The van der Waals surface area contributed by atoms with Crippen molar-refractivity contribution in [3.63, 3.8) is 0 Å². The molecule has 2 N–H and O–H groups in total. The smallest absolute Gasteiger partial charge is 0.241 e. The monoisotopic (exact) mass is 144 g/mol. The molecule has 0 radical (unpaired) electrons. The molecule has 1 atom stereocenters. The van der Waals surface area contributed by atoms with E-state index in [1.165, 1.54) is 0 Å². The topological polar surface area (TPSA) is 55.6 Å². The third kappa shape index (κ3) is 1.46. The van der Waals surface area contributed by atoms with Crippen molar-refractivity contribution >= 4 is 5.91 Å². The predicted molar refractivity (Wildman–Crippen MR) is 36.4 cm³/mol. The summed E-state index contributed by atoms with van der Waals surface area (Å²) in [6, 6.07) is -0.465. The van der Waals surface area contributed by atoms with Crippen LogP contribution in [0.5, 0.6) is 0 Å². The molecule has 58 valence electrons. The second-order valence-corrected chi connectivity index (χ2v) is 2.44. The van der Waals surface area contributed by atoms with Gasteiger partial charge in [0.25, 0.3) is 0 Å². The molecule has 1 heterocycles. The van der Waals surface area contributed by atoms with Crippen LogP contribution in [-0.4, -0.2) is 43.7 Å². The Kier molecular flexibility index (Phi) is 2.24. The molecule has 0 aromatic carbocycles. The molecule has 1 fully saturated rings. The Hall–Kier alpha value is -0.610. The molecule has 10 heavy (non-hydrogen) atoms. The average Bonchev–Trinajstić information content (AvgIpc) is 2.04. The Labute approximate surface area is 59.9 Å². The van der Waals surface area contributed by atoms with Gasteiger partial charge in [-0.15, -0.1) is 0 Å². The molecule has 0 aromatic rings. The van der Waals surface area contributed by atoms with Gasteiger partial charge in [0.15, 0.2) is 0 Å². The third-order valence-corrected chi connectivity index (χ3v) is 1.56. The zero-order valence-corrected chi connectivity index (χ0v) is 6.04. The minimum Gasteiger partial charge on any atom is -0.377 e. The molecule has 1 aliphatic heterocycles. The lowest BCUT2D eigenvalue weighted by Crippen LogP contribution is -2.42. The van der Waals surface area contributed by atoms with Gasteiger partial charge in [0.05, 0.1) is 13.2 Å². The van der Waals surface area contributed by atoms with Gasteiger partial charge in [0.2, 0.25) is 5.91 Å². The van der Waals surface area contributed by atoms with E-state index in [-0.39, 0.29) is 5.91 Å². The number of nitrogens with two attached hydrogens (primary N) is 1. The molecular formula is C6H12N2O2. The fourth-order valence-corrected chi connectivity index (χ4v) is 0.876. The largest absolute Gasteiger partial charge is 0.377 e. The Morgan fingerprint density at radius 2 is 2.50 bits per heavy atom. The summed E-state index contributed by atoms with van der Waals surface area (Å²) in [6.07, 6.45) is 0. The summed E-state index contributed by atoms with van der Waals surface area (Å²) >= 11 is 0. The van der Waals surface area contributed by atoms with Crippen LogP contribution in [0.15, 0.2) is 0 Å². The van der Waals surface area contributed by atoms with E-state index in [1.807, 2.05) is 0 Å². The van der Waals surface area contributed by atoms with Crippen LogP contribution in [0, 0.1) is 0 Å². The van der Waals surface area contributed by atoms with Gasteiger partial charge >= 0.3 is 0 Å². The number of ether oxygens (including phenoxy) is 1. The summed E-state index contributed by atoms with van der Waals surface area (Å²) < 4.78 is 5.06. The van der Waals surface area contributed by atoms with E-state index < -0.39 is 6.04 Å². The fraction of sp³-hybridized carbons (Fsp3) is 0.833. The molecule has 4 heteroatoms. The number of likely N-dealkylation sites (N-methyl/N-ethyl adjacent to an activating group) is 1. The van der Waals surface area contributed by atoms with E-state index in [9.17, 15) is 4.79 Å². The lowest BCUT2D eigenvalue weighted by atomic mass is 10.3. The quantitative estimate of drug-likeness (QED) is 0.464. The molecule has 1 saturated heterocycles. The van der Waals surface area contributed by atoms with E-state index in [0.717, 1.165) is 0 Å². The highest BCUT2D eigenvalue weighted by atomic mass is 16.5. The molecule has 0 spiro atoms. The number of hydrogen-bond acceptors (Lipinski definition) is 3. The van der Waals surface area contributed by atoms with Crippen LogP contribution < -0.4 is 5.73 Å². The summed E-state index contributed by atoms with van der Waals surface area (Å²) in [7, 11) is 1.73. The highest BCUT2D eigenvalue weighted by Gasteiger charge is 2.20. The van der Waals surface area contributed by atoms with Crippen molar-refractivity contribution in [2.24, 2.45) is 5.73 Å². The first-order chi connectivity index (χ1) is 4.72. The molecule has 4 nitrogen and oxygen atoms in total. The average molecular weight is 144 g/mol. The number of hydrogen-bond donors (Lipinski definition) is 1. The van der Waals surface area contributed by atoms with Crippen LogP contribution in [0.4, 0.5) is 0 Å². The lowest BCUT2D eigenvalue weighted by molar-refractivity contribution is -0.130. The van der Waals surface area contributed by atoms with Crippen molar-refractivity contribution in [1.82, 2.24) is 4.90 Å². The molecule has 1 amide bonds. The SMILES string of the molecule is CN1CCOCC(N)C1=O. The molecule has 1 aliphatic rings. The van der Waals surface area contributed by atoms with Crippen LogP contribution in [0.2, 0.25) is 0 Å². The van der Waals surface area contributed by atoms with Gasteiger partial charge < -0.3 is 15.4 Å². The van der Waals surface area contributed by atoms with E-state index in [0.29, 0.717) is 19.8 Å². The Balaban J connectivity index is 2.55. The molecule has 0 aliphatic carbocycles. The molecule has 1 unspecified atom stereocenters. The first-order valence-electron chi connectivity index (χ1n) is 3.30. The Morgan fingerprint density at radius 1 is 1.80 bits per heavy atom. The van der Waals surface area contributed by atoms with Gasteiger partial charge in [0.1, 0.15) is 6.04 Å². The molecular weight excluding hydrogens is 132 g/mol. The predicted octanol–water partition coefficient (Wildman–Crippen LogP) is -1.20. The first-order valence-corrected chi connectivity index (χ1v) is 3.30. The summed E-state index contributed by atoms with van der Waals surface area (Å²) in [5.74, 6) is -0.0301. The zero-order valence-electron chi connectivity index (χ0n) is 6.04. The number of carbonyl (C=O) groups excluding carboxylic acids is 1. The van der Waals surface area contributed by atoms with Crippen molar-refractivity contribution in [1.29, 1.82) is 0 Å². The maximum absolute atomic E-state index is 11.1. The van der Waals surface area contributed by atoms with Gasteiger partial charge in [-0.2, -0.15) is 0 Å². The number of carbonyl (C=O) groups is 1. The van der Waals surface area contributed by atoms with Crippen molar-refractivity contribution < 1.29 is 9.53 Å². The van der Waals surface area contributed by atoms with Crippen molar-refractivity contribution in [2.75, 3.05) is 26.8 Å². The van der Waals surface area contributed by atoms with E-state index in [1.54, 1.807) is 11.9 Å². The summed E-state index contributed by atoms with van der Waals surface area (Å²) in [5, 5.41) is 0. The normalized spacial score (nSPS) is 28.4. The van der Waals surface area contributed by atoms with Crippen molar-refractivity contribution in [3.8, 4) is 0 Å². The van der Waals surface area contributed by atoms with E-state index in [2.05, 4.69) is 0 Å². The summed E-state index contributed by atoms with van der Waals surface area (Å²) in [6.45, 7) is 1.59. The minimum atomic E-state index is -0.465. The maximum Gasteiger partial charge on any atom is 0.241 e. The Bertz CT molecular complexity index is 124. The van der Waals surface area contributed by atoms with Crippen LogP contribution in [-0.2, 0) is 9.53 Å². The molecule has 1 rings (SSSR count). The van der Waals surface area contributed by atoms with Gasteiger partial charge in [-0.05, 0) is 0 Å². The fourth-order valence-electron chi connectivity index (χ4n) is 0.876. The highest BCUT2D eigenvalue weighted by molar-refractivity contribution is 5.81. The first kappa shape index (κ1) is 7.50. The molecule has 0 aromatic heterocycles. The van der Waals surface area contributed by atoms with Crippen LogP contribution >= 0.6 is 0 Å². The van der Waals surface area contributed by atoms with Crippen molar-refractivity contribution in [3.05, 3.63) is 0 Å². The van der Waals surface area contributed by atoms with Gasteiger partial charge in [-0.1, -0.05) is 0 Å². The Morgan fingerprint density at radius 3 is 3.20 bits per heavy atom. The minimum absolute atomic E-state index is 0.0301. The van der Waals surface area contributed by atoms with Gasteiger partial charge in [-0.25, -0.2) is 0 Å². The van der Waals surface area contributed by atoms with Crippen LogP contribution in [0.3, 0.4) is 0 Å². The third-order valence-electron chi connectivity index (χ3n) is 1.56. The zero-order chi connectivity index (χ0) is 7.56. The van der Waals surface area contributed by atoms with Gasteiger partial charge in [-0.3, -0.25) is 4.79 Å². The molecule has 0 bridgehead atoms. The second-order valence-electron chi connectivity index (χ2n) is 2.44. The number of rotatable bonds is 0. The number of amides is 1. The van der Waals surface area contributed by atoms with E-state index >= 15 is 0 Å². The van der Waals surface area contributed by atoms with Crippen molar-refractivity contribution in [2.45, 2.75) is 6.04 Å².